The highest BCUT2D eigenvalue weighted by Crippen LogP contribution is 2.21. The molecule has 0 amide bonds. The van der Waals surface area contributed by atoms with Crippen molar-refractivity contribution in [2.45, 2.75) is 6.54 Å². The largest absolute Gasteiger partial charge is 0.361 e. The first-order chi connectivity index (χ1) is 6.66. The van der Waals surface area contributed by atoms with Crippen molar-refractivity contribution in [1.29, 1.82) is 0 Å². The lowest BCUT2D eigenvalue weighted by Gasteiger charge is -2.05. The van der Waals surface area contributed by atoms with E-state index in [2.05, 4.69) is 59.4 Å². The van der Waals surface area contributed by atoms with E-state index < -0.39 is 0 Å². The Morgan fingerprint density at radius 1 is 1.36 bits per heavy atom. The molecule has 0 aliphatic carbocycles. The van der Waals surface area contributed by atoms with Crippen LogP contribution in [0.25, 0.3) is 10.9 Å². The van der Waals surface area contributed by atoms with Gasteiger partial charge < -0.3 is 9.88 Å². The minimum Gasteiger partial charge on any atom is -0.361 e. The Kier molecular flexibility index (Phi) is 2.61. The van der Waals surface area contributed by atoms with Gasteiger partial charge in [0, 0.05) is 27.1 Å². The van der Waals surface area contributed by atoms with E-state index in [1.54, 1.807) is 0 Å². The van der Waals surface area contributed by atoms with E-state index in [4.69, 9.17) is 0 Å². The van der Waals surface area contributed by atoms with E-state index in [1.165, 1.54) is 21.4 Å². The Morgan fingerprint density at radius 2 is 2.14 bits per heavy atom. The van der Waals surface area contributed by atoms with Crippen LogP contribution in [0.3, 0.4) is 0 Å². The normalized spacial score (nSPS) is 11.4. The van der Waals surface area contributed by atoms with Crippen LogP contribution in [0.5, 0.6) is 0 Å². The van der Waals surface area contributed by atoms with Crippen molar-refractivity contribution in [3.63, 3.8) is 0 Å². The Balaban J connectivity index is 2.47. The second kappa shape index (κ2) is 3.75. The highest BCUT2D eigenvalue weighted by Gasteiger charge is 2.06. The van der Waals surface area contributed by atoms with Gasteiger partial charge in [-0.2, -0.15) is 0 Å². The van der Waals surface area contributed by atoms with E-state index in [1.807, 2.05) is 0 Å². The maximum absolute atomic E-state index is 3.47. The molecule has 0 bridgehead atoms. The van der Waals surface area contributed by atoms with Gasteiger partial charge in [-0.15, -0.1) is 0 Å². The third-order valence-corrected chi connectivity index (χ3v) is 2.77. The molecule has 0 unspecified atom stereocenters. The zero-order chi connectivity index (χ0) is 10.1. The SMILES string of the molecule is C[NH+](C)Cc1c[nH]c2cc(Br)ccc12. The van der Waals surface area contributed by atoms with E-state index >= 15 is 0 Å². The lowest BCUT2D eigenvalue weighted by Crippen LogP contribution is -3.04. The number of fused-ring (bicyclic) bond motifs is 1. The number of rotatable bonds is 2. The van der Waals surface area contributed by atoms with Crippen molar-refractivity contribution >= 4 is 26.8 Å². The van der Waals surface area contributed by atoms with Gasteiger partial charge in [-0.25, -0.2) is 0 Å². The van der Waals surface area contributed by atoms with Gasteiger partial charge in [-0.05, 0) is 12.1 Å². The van der Waals surface area contributed by atoms with Crippen LogP contribution in [0.15, 0.2) is 28.9 Å². The average molecular weight is 254 g/mol. The third kappa shape index (κ3) is 1.83. The van der Waals surface area contributed by atoms with Crippen molar-refractivity contribution in [3.05, 3.63) is 34.4 Å². The molecule has 0 radical (unpaired) electrons. The van der Waals surface area contributed by atoms with Crippen LogP contribution in [-0.4, -0.2) is 19.1 Å². The summed E-state index contributed by atoms with van der Waals surface area (Å²) in [7, 11) is 4.33. The van der Waals surface area contributed by atoms with Crippen molar-refractivity contribution < 1.29 is 4.90 Å². The molecule has 1 aromatic heterocycles. The van der Waals surface area contributed by atoms with Gasteiger partial charge in [0.2, 0.25) is 0 Å². The molecular formula is C11H14BrN2+. The van der Waals surface area contributed by atoms with Crippen molar-refractivity contribution in [2.75, 3.05) is 14.1 Å². The number of hydrogen-bond acceptors (Lipinski definition) is 0. The molecule has 1 aromatic carbocycles. The maximum atomic E-state index is 3.47. The summed E-state index contributed by atoms with van der Waals surface area (Å²) in [5.74, 6) is 0. The molecule has 2 N–H and O–H groups in total. The summed E-state index contributed by atoms with van der Waals surface area (Å²) >= 11 is 3.47. The minimum absolute atomic E-state index is 1.06. The number of nitrogens with one attached hydrogen (secondary N) is 2. The Bertz CT molecular complexity index is 445. The summed E-state index contributed by atoms with van der Waals surface area (Å²) in [6.45, 7) is 1.06. The fraction of sp³-hybridized carbons (Fsp3) is 0.273. The second-order valence-corrected chi connectivity index (χ2v) is 4.80. The number of H-pyrrole nitrogens is 1. The molecule has 14 heavy (non-hydrogen) atoms. The van der Waals surface area contributed by atoms with Crippen LogP contribution in [0.2, 0.25) is 0 Å². The number of aromatic nitrogens is 1. The molecule has 0 aliphatic heterocycles. The molecular weight excluding hydrogens is 240 g/mol. The lowest BCUT2D eigenvalue weighted by molar-refractivity contribution is -0.872. The molecule has 0 aliphatic rings. The second-order valence-electron chi connectivity index (χ2n) is 3.89. The van der Waals surface area contributed by atoms with E-state index in [-0.39, 0.29) is 0 Å². The molecule has 2 nitrogen and oxygen atoms in total. The zero-order valence-corrected chi connectivity index (χ0v) is 9.98. The highest BCUT2D eigenvalue weighted by atomic mass is 79.9. The molecule has 0 spiro atoms. The predicted molar refractivity (Wildman–Crippen MR) is 62.5 cm³/mol. The predicted octanol–water partition coefficient (Wildman–Crippen LogP) is 1.57. The standard InChI is InChI=1S/C11H13BrN2/c1-14(2)7-8-6-13-11-5-9(12)3-4-10(8)11/h3-6,13H,7H2,1-2H3/p+1. The van der Waals surface area contributed by atoms with Gasteiger partial charge in [0.05, 0.1) is 14.1 Å². The lowest BCUT2D eigenvalue weighted by atomic mass is 10.2. The Labute approximate surface area is 92.0 Å². The summed E-state index contributed by atoms with van der Waals surface area (Å²) in [5.41, 5.74) is 2.59. The van der Waals surface area contributed by atoms with Crippen LogP contribution >= 0.6 is 15.9 Å². The first kappa shape index (κ1) is 9.74. The summed E-state index contributed by atoms with van der Waals surface area (Å²) in [6.07, 6.45) is 2.10. The van der Waals surface area contributed by atoms with Crippen molar-refractivity contribution in [3.8, 4) is 0 Å². The van der Waals surface area contributed by atoms with E-state index in [9.17, 15) is 0 Å². The van der Waals surface area contributed by atoms with Gasteiger partial charge in [0.1, 0.15) is 6.54 Å². The van der Waals surface area contributed by atoms with Crippen LogP contribution in [0.4, 0.5) is 0 Å². The van der Waals surface area contributed by atoms with Gasteiger partial charge in [-0.1, -0.05) is 22.0 Å². The zero-order valence-electron chi connectivity index (χ0n) is 8.39. The van der Waals surface area contributed by atoms with E-state index in [0.717, 1.165) is 11.0 Å². The summed E-state index contributed by atoms with van der Waals surface area (Å²) in [5, 5.41) is 1.33. The van der Waals surface area contributed by atoms with Crippen molar-refractivity contribution in [2.24, 2.45) is 0 Å². The molecule has 74 valence electrons. The molecule has 1 heterocycles. The van der Waals surface area contributed by atoms with Gasteiger partial charge in [0.15, 0.2) is 0 Å². The first-order valence-electron chi connectivity index (χ1n) is 4.71. The maximum Gasteiger partial charge on any atom is 0.104 e. The summed E-state index contributed by atoms with van der Waals surface area (Å²) in [4.78, 5) is 4.73. The minimum atomic E-state index is 1.06. The van der Waals surface area contributed by atoms with Crippen LogP contribution in [0.1, 0.15) is 5.56 Å². The number of hydrogen-bond donors (Lipinski definition) is 2. The van der Waals surface area contributed by atoms with Crippen LogP contribution < -0.4 is 4.90 Å². The monoisotopic (exact) mass is 253 g/mol. The fourth-order valence-electron chi connectivity index (χ4n) is 1.69. The number of benzene rings is 1. The van der Waals surface area contributed by atoms with E-state index in [0.29, 0.717) is 0 Å². The Hall–Kier alpha value is -0.800. The average Bonchev–Trinajstić information content (AvgIpc) is 2.47. The smallest absolute Gasteiger partial charge is 0.104 e. The molecule has 3 heteroatoms. The van der Waals surface area contributed by atoms with Gasteiger partial charge >= 0.3 is 0 Å². The van der Waals surface area contributed by atoms with Crippen LogP contribution in [-0.2, 0) is 6.54 Å². The number of quaternary nitrogens is 1. The fourth-order valence-corrected chi connectivity index (χ4v) is 2.05. The first-order valence-corrected chi connectivity index (χ1v) is 5.50. The van der Waals surface area contributed by atoms with Gasteiger partial charge in [-0.3, -0.25) is 0 Å². The van der Waals surface area contributed by atoms with Gasteiger partial charge in [0.25, 0.3) is 0 Å². The quantitative estimate of drug-likeness (QED) is 0.811. The molecule has 0 atom stereocenters. The summed E-state index contributed by atoms with van der Waals surface area (Å²) in [6, 6.07) is 6.36. The van der Waals surface area contributed by atoms with Crippen LogP contribution in [0, 0.1) is 0 Å². The molecule has 2 aromatic rings. The molecule has 0 fully saturated rings. The number of aromatic amines is 1. The topological polar surface area (TPSA) is 20.2 Å². The van der Waals surface area contributed by atoms with Crippen molar-refractivity contribution in [1.82, 2.24) is 4.98 Å². The number of halogens is 1. The molecule has 2 rings (SSSR count). The summed E-state index contributed by atoms with van der Waals surface area (Å²) < 4.78 is 1.12. The highest BCUT2D eigenvalue weighted by molar-refractivity contribution is 9.10. The Morgan fingerprint density at radius 3 is 2.86 bits per heavy atom. The third-order valence-electron chi connectivity index (χ3n) is 2.27. The molecule has 0 saturated heterocycles. The molecule has 0 saturated carbocycles.